The van der Waals surface area contributed by atoms with Crippen LogP contribution in [0, 0.1) is 11.7 Å². The number of amides is 1. The van der Waals surface area contributed by atoms with Crippen LogP contribution in [0.4, 0.5) is 4.39 Å². The fourth-order valence-electron chi connectivity index (χ4n) is 3.75. The lowest BCUT2D eigenvalue weighted by Crippen LogP contribution is -2.41. The second-order valence-corrected chi connectivity index (χ2v) is 7.52. The summed E-state index contributed by atoms with van der Waals surface area (Å²) in [7, 11) is 3.20. The van der Waals surface area contributed by atoms with E-state index in [0.717, 1.165) is 37.9 Å². The molecule has 6 heteroatoms. The second-order valence-electron chi connectivity index (χ2n) is 7.52. The predicted octanol–water partition coefficient (Wildman–Crippen LogP) is 3.41. The van der Waals surface area contributed by atoms with Crippen molar-refractivity contribution in [2.45, 2.75) is 25.8 Å². The van der Waals surface area contributed by atoms with Crippen LogP contribution in [0.1, 0.15) is 24.0 Å². The third-order valence-electron chi connectivity index (χ3n) is 5.45. The van der Waals surface area contributed by atoms with Crippen LogP contribution in [0.15, 0.2) is 42.5 Å². The zero-order valence-electron chi connectivity index (χ0n) is 17.1. The van der Waals surface area contributed by atoms with Gasteiger partial charge < -0.3 is 14.8 Å². The Bertz CT molecular complexity index is 802. The minimum atomic E-state index is -0.192. The molecule has 156 valence electrons. The van der Waals surface area contributed by atoms with Crippen molar-refractivity contribution in [3.63, 3.8) is 0 Å². The maximum atomic E-state index is 13.0. The molecule has 1 heterocycles. The molecule has 0 atom stereocenters. The first-order chi connectivity index (χ1) is 14.1. The molecule has 2 aromatic rings. The van der Waals surface area contributed by atoms with Crippen LogP contribution in [-0.2, 0) is 17.8 Å². The number of methoxy groups -OCH3 is 2. The van der Waals surface area contributed by atoms with Crippen molar-refractivity contribution >= 4 is 5.91 Å². The maximum Gasteiger partial charge on any atom is 0.234 e. The molecule has 5 nitrogen and oxygen atoms in total. The average molecular weight is 400 g/mol. The number of ether oxygens (including phenoxy) is 2. The van der Waals surface area contributed by atoms with E-state index < -0.39 is 0 Å². The molecule has 29 heavy (non-hydrogen) atoms. The molecule has 3 rings (SSSR count). The van der Waals surface area contributed by atoms with Gasteiger partial charge in [0.15, 0.2) is 11.5 Å². The third kappa shape index (κ3) is 6.19. The van der Waals surface area contributed by atoms with E-state index in [2.05, 4.69) is 10.2 Å². The van der Waals surface area contributed by atoms with Gasteiger partial charge in [0.25, 0.3) is 0 Å². The molecule has 0 unspecified atom stereocenters. The first kappa shape index (κ1) is 21.1. The van der Waals surface area contributed by atoms with Gasteiger partial charge >= 0.3 is 0 Å². The molecule has 0 radical (unpaired) electrons. The molecule has 0 spiro atoms. The zero-order valence-corrected chi connectivity index (χ0v) is 17.1. The Balaban J connectivity index is 1.40. The van der Waals surface area contributed by atoms with Crippen molar-refractivity contribution in [3.05, 3.63) is 59.4 Å². The summed E-state index contributed by atoms with van der Waals surface area (Å²) in [6.45, 7) is 2.70. The fourth-order valence-corrected chi connectivity index (χ4v) is 3.75. The van der Waals surface area contributed by atoms with Crippen molar-refractivity contribution in [2.24, 2.45) is 5.92 Å². The van der Waals surface area contributed by atoms with Crippen molar-refractivity contribution in [1.29, 1.82) is 0 Å². The normalized spacial score (nSPS) is 15.1. The summed E-state index contributed by atoms with van der Waals surface area (Å²) in [6, 6.07) is 12.4. The number of benzene rings is 2. The molecular formula is C23H29FN2O3. The summed E-state index contributed by atoms with van der Waals surface area (Å²) in [5.74, 6) is 1.75. The molecule has 1 fully saturated rings. The minimum Gasteiger partial charge on any atom is -0.493 e. The van der Waals surface area contributed by atoms with Gasteiger partial charge in [-0.05, 0) is 73.7 Å². The highest BCUT2D eigenvalue weighted by atomic mass is 19.1. The second kappa shape index (κ2) is 10.3. The largest absolute Gasteiger partial charge is 0.493 e. The van der Waals surface area contributed by atoms with Gasteiger partial charge in [-0.2, -0.15) is 0 Å². The number of nitrogens with one attached hydrogen (secondary N) is 1. The SMILES string of the molecule is COc1ccc(CNC(=O)CN2CCC(Cc3ccc(F)cc3)CC2)cc1OC. The molecule has 2 aromatic carbocycles. The average Bonchev–Trinajstić information content (AvgIpc) is 2.75. The number of carbonyl (C=O) groups excluding carboxylic acids is 1. The van der Waals surface area contributed by atoms with E-state index in [0.29, 0.717) is 30.5 Å². The van der Waals surface area contributed by atoms with Gasteiger partial charge in [-0.3, -0.25) is 9.69 Å². The van der Waals surface area contributed by atoms with E-state index in [1.54, 1.807) is 14.2 Å². The molecule has 1 amide bonds. The van der Waals surface area contributed by atoms with Gasteiger partial charge in [0.2, 0.25) is 5.91 Å². The number of carbonyl (C=O) groups is 1. The summed E-state index contributed by atoms with van der Waals surface area (Å²) in [6.07, 6.45) is 3.08. The van der Waals surface area contributed by atoms with Crippen molar-refractivity contribution in [1.82, 2.24) is 10.2 Å². The molecule has 1 N–H and O–H groups in total. The Hall–Kier alpha value is -2.60. The summed E-state index contributed by atoms with van der Waals surface area (Å²) in [5, 5.41) is 2.98. The van der Waals surface area contributed by atoms with Crippen LogP contribution < -0.4 is 14.8 Å². The number of hydrogen-bond donors (Lipinski definition) is 1. The smallest absolute Gasteiger partial charge is 0.234 e. The third-order valence-corrected chi connectivity index (χ3v) is 5.45. The van der Waals surface area contributed by atoms with Crippen LogP contribution in [0.2, 0.25) is 0 Å². The molecule has 1 aliphatic heterocycles. The van der Waals surface area contributed by atoms with Gasteiger partial charge in [0.05, 0.1) is 20.8 Å². The lowest BCUT2D eigenvalue weighted by molar-refractivity contribution is -0.122. The van der Waals surface area contributed by atoms with Crippen LogP contribution >= 0.6 is 0 Å². The highest BCUT2D eigenvalue weighted by molar-refractivity contribution is 5.78. The van der Waals surface area contributed by atoms with Crippen molar-refractivity contribution in [3.8, 4) is 11.5 Å². The van der Waals surface area contributed by atoms with E-state index in [4.69, 9.17) is 9.47 Å². The number of halogens is 1. The lowest BCUT2D eigenvalue weighted by Gasteiger charge is -2.31. The Labute approximate surface area is 171 Å². The zero-order chi connectivity index (χ0) is 20.6. The summed E-state index contributed by atoms with van der Waals surface area (Å²) in [5.41, 5.74) is 2.14. The quantitative estimate of drug-likeness (QED) is 0.738. The molecule has 0 bridgehead atoms. The standard InChI is InChI=1S/C23H29FN2O3/c1-28-21-8-5-19(14-22(21)29-2)15-25-23(27)16-26-11-9-18(10-12-26)13-17-3-6-20(24)7-4-17/h3-8,14,18H,9-13,15-16H2,1-2H3,(H,25,27). The number of hydrogen-bond acceptors (Lipinski definition) is 4. The van der Waals surface area contributed by atoms with E-state index >= 15 is 0 Å². The monoisotopic (exact) mass is 400 g/mol. The maximum absolute atomic E-state index is 13.0. The first-order valence-electron chi connectivity index (χ1n) is 10.0. The van der Waals surface area contributed by atoms with Gasteiger partial charge in [-0.1, -0.05) is 18.2 Å². The molecule has 1 saturated heterocycles. The van der Waals surface area contributed by atoms with E-state index in [1.165, 1.54) is 17.7 Å². The summed E-state index contributed by atoms with van der Waals surface area (Å²) >= 11 is 0. The topological polar surface area (TPSA) is 50.8 Å². The van der Waals surface area contributed by atoms with Gasteiger partial charge in [-0.15, -0.1) is 0 Å². The molecule has 0 saturated carbocycles. The van der Waals surface area contributed by atoms with Crippen LogP contribution in [0.5, 0.6) is 11.5 Å². The van der Waals surface area contributed by atoms with Crippen molar-refractivity contribution in [2.75, 3.05) is 33.9 Å². The van der Waals surface area contributed by atoms with Crippen LogP contribution in [-0.4, -0.2) is 44.7 Å². The number of piperidine rings is 1. The summed E-state index contributed by atoms with van der Waals surface area (Å²) < 4.78 is 23.6. The fraction of sp³-hybridized carbons (Fsp3) is 0.435. The predicted molar refractivity (Wildman–Crippen MR) is 111 cm³/mol. The Morgan fingerprint density at radius 1 is 1.03 bits per heavy atom. The number of rotatable bonds is 8. The number of likely N-dealkylation sites (tertiary alicyclic amines) is 1. The van der Waals surface area contributed by atoms with Crippen LogP contribution in [0.25, 0.3) is 0 Å². The number of nitrogens with zero attached hydrogens (tertiary/aromatic N) is 1. The van der Waals surface area contributed by atoms with Crippen molar-refractivity contribution < 1.29 is 18.7 Å². The molecule has 0 aliphatic carbocycles. The Morgan fingerprint density at radius 3 is 2.34 bits per heavy atom. The molecule has 1 aliphatic rings. The molecular weight excluding hydrogens is 371 g/mol. The lowest BCUT2D eigenvalue weighted by atomic mass is 9.90. The van der Waals surface area contributed by atoms with Gasteiger partial charge in [0.1, 0.15) is 5.82 Å². The Morgan fingerprint density at radius 2 is 1.69 bits per heavy atom. The molecule has 0 aromatic heterocycles. The minimum absolute atomic E-state index is 0.0248. The van der Waals surface area contributed by atoms with Gasteiger partial charge in [-0.25, -0.2) is 4.39 Å². The van der Waals surface area contributed by atoms with Gasteiger partial charge in [0, 0.05) is 6.54 Å². The highest BCUT2D eigenvalue weighted by Crippen LogP contribution is 2.27. The van der Waals surface area contributed by atoms with E-state index in [1.807, 2.05) is 30.3 Å². The summed E-state index contributed by atoms with van der Waals surface area (Å²) in [4.78, 5) is 14.5. The van der Waals surface area contributed by atoms with E-state index in [-0.39, 0.29) is 11.7 Å². The highest BCUT2D eigenvalue weighted by Gasteiger charge is 2.21. The Kier molecular flexibility index (Phi) is 7.47. The first-order valence-corrected chi connectivity index (χ1v) is 10.0. The van der Waals surface area contributed by atoms with E-state index in [9.17, 15) is 9.18 Å². The van der Waals surface area contributed by atoms with Crippen LogP contribution in [0.3, 0.4) is 0 Å².